The minimum absolute atomic E-state index is 1.37. The molecule has 0 aliphatic heterocycles. The zero-order chi connectivity index (χ0) is 50.5. The molecule has 0 atom stereocenters. The lowest BCUT2D eigenvalue weighted by atomic mass is 10.0. The molecule has 0 saturated carbocycles. The van der Waals surface area contributed by atoms with Gasteiger partial charge in [-0.15, -0.1) is 0 Å². The zero-order valence-corrected chi connectivity index (χ0v) is 50.5. The van der Waals surface area contributed by atoms with Crippen LogP contribution in [0.3, 0.4) is 0 Å². The van der Waals surface area contributed by atoms with Gasteiger partial charge < -0.3 is 0 Å². The second-order valence-electron chi connectivity index (χ2n) is 23.2. The monoisotopic (exact) mass is 973 g/mol. The molecule has 69 heavy (non-hydrogen) atoms. The van der Waals surface area contributed by atoms with E-state index in [2.05, 4.69) is 41.5 Å². The largest absolute Gasteiger partial charge is 0.0654 e. The van der Waals surface area contributed by atoms with Crippen LogP contribution in [-0.4, -0.2) is 0 Å². The molecular formula is C69H144. The van der Waals surface area contributed by atoms with Gasteiger partial charge in [0.05, 0.1) is 0 Å². The van der Waals surface area contributed by atoms with E-state index < -0.39 is 0 Å². The van der Waals surface area contributed by atoms with Crippen LogP contribution >= 0.6 is 0 Å². The first-order valence-corrected chi connectivity index (χ1v) is 34.2. The lowest BCUT2D eigenvalue weighted by molar-refractivity contribution is 0.520. The van der Waals surface area contributed by atoms with Crippen molar-refractivity contribution in [1.82, 2.24) is 0 Å². The fourth-order valence-electron chi connectivity index (χ4n) is 10.5. The molecule has 0 heteroatoms. The molecule has 0 aliphatic carbocycles. The van der Waals surface area contributed by atoms with Gasteiger partial charge in [0.2, 0.25) is 0 Å². The third-order valence-corrected chi connectivity index (χ3v) is 15.6. The van der Waals surface area contributed by atoms with Gasteiger partial charge in [-0.2, -0.15) is 0 Å². The van der Waals surface area contributed by atoms with Gasteiger partial charge in [0.15, 0.2) is 0 Å². The molecule has 0 aliphatic rings. The van der Waals surface area contributed by atoms with Crippen molar-refractivity contribution in [2.75, 3.05) is 0 Å². The lowest BCUT2D eigenvalue weighted by Crippen LogP contribution is -1.84. The van der Waals surface area contributed by atoms with Gasteiger partial charge in [-0.3, -0.25) is 0 Å². The van der Waals surface area contributed by atoms with E-state index >= 15 is 0 Å². The standard InChI is InChI=1S/C24H50.C23H48.C22H46/c1-3-5-7-9-11-13-15-17-19-21-23-24-22-20-18-16-14-12-10-8-6-4-2;1-3-5-7-9-11-13-15-17-19-21-23-22-20-18-16-14-12-10-8-6-4-2;1-3-5-7-9-11-13-15-17-19-21-22-20-18-16-14-12-10-8-6-4-2/h3-24H2,1-2H3;3-23H2,1-2H3;3-22H2,1-2H3. The van der Waals surface area contributed by atoms with Crippen molar-refractivity contribution in [2.24, 2.45) is 0 Å². The quantitative estimate of drug-likeness (QED) is 0.0533. The summed E-state index contributed by atoms with van der Waals surface area (Å²) in [5, 5.41) is 0. The van der Waals surface area contributed by atoms with Gasteiger partial charge in [-0.05, 0) is 0 Å². The van der Waals surface area contributed by atoms with E-state index in [1.54, 1.807) is 0 Å². The van der Waals surface area contributed by atoms with E-state index in [0.29, 0.717) is 0 Å². The molecule has 0 aromatic heterocycles. The van der Waals surface area contributed by atoms with Crippen molar-refractivity contribution in [3.8, 4) is 0 Å². The summed E-state index contributed by atoms with van der Waals surface area (Å²) in [4.78, 5) is 0. The lowest BCUT2D eigenvalue weighted by Gasteiger charge is -2.04. The van der Waals surface area contributed by atoms with Gasteiger partial charge in [0, 0.05) is 0 Å². The minimum Gasteiger partial charge on any atom is -0.0654 e. The topological polar surface area (TPSA) is 0 Å². The van der Waals surface area contributed by atoms with Gasteiger partial charge >= 0.3 is 0 Å². The number of hydrogen-bond acceptors (Lipinski definition) is 0. The molecule has 0 amide bonds. The van der Waals surface area contributed by atoms with Crippen LogP contribution in [0.4, 0.5) is 0 Å². The molecule has 0 bridgehead atoms. The van der Waals surface area contributed by atoms with Crippen LogP contribution in [0.5, 0.6) is 0 Å². The van der Waals surface area contributed by atoms with Crippen LogP contribution in [0.2, 0.25) is 0 Å². The van der Waals surface area contributed by atoms with Crippen LogP contribution < -0.4 is 0 Å². The molecule has 0 heterocycles. The maximum absolute atomic E-state index is 2.30. The molecular weight excluding hydrogens is 829 g/mol. The van der Waals surface area contributed by atoms with Crippen molar-refractivity contribution in [2.45, 2.75) is 446 Å². The first kappa shape index (κ1) is 73.2. The van der Waals surface area contributed by atoms with Gasteiger partial charge in [0.25, 0.3) is 0 Å². The third-order valence-electron chi connectivity index (χ3n) is 15.6. The smallest absolute Gasteiger partial charge is 0.0533 e. The summed E-state index contributed by atoms with van der Waals surface area (Å²) in [6.07, 6.45) is 92.7. The Bertz CT molecular complexity index is 691. The fraction of sp³-hybridized carbons (Fsp3) is 1.00. The Morgan fingerprint density at radius 3 is 0.159 bits per heavy atom. The Morgan fingerprint density at radius 2 is 0.116 bits per heavy atom. The predicted octanol–water partition coefficient (Wildman–Crippen LogP) is 27.7. The van der Waals surface area contributed by atoms with Crippen LogP contribution in [0.25, 0.3) is 0 Å². The van der Waals surface area contributed by atoms with Crippen LogP contribution in [0, 0.1) is 0 Å². The molecule has 0 radical (unpaired) electrons. The molecule has 0 unspecified atom stereocenters. The number of rotatable bonds is 60. The summed E-state index contributed by atoms with van der Waals surface area (Å²) in [5.41, 5.74) is 0. The molecule has 0 nitrogen and oxygen atoms in total. The summed E-state index contributed by atoms with van der Waals surface area (Å²) in [7, 11) is 0. The molecule has 0 aromatic rings. The Labute approximate surface area is 444 Å². The summed E-state index contributed by atoms with van der Waals surface area (Å²) in [6, 6.07) is 0. The Kier molecular flexibility index (Phi) is 81.6. The van der Waals surface area contributed by atoms with Crippen molar-refractivity contribution in [3.63, 3.8) is 0 Å². The molecule has 420 valence electrons. The average molecular weight is 974 g/mol. The maximum Gasteiger partial charge on any atom is -0.0533 e. The van der Waals surface area contributed by atoms with E-state index in [1.807, 2.05) is 0 Å². The summed E-state index contributed by atoms with van der Waals surface area (Å²) in [5.74, 6) is 0. The Hall–Kier alpha value is 0. The molecule has 0 saturated heterocycles. The van der Waals surface area contributed by atoms with Gasteiger partial charge in [-0.1, -0.05) is 446 Å². The highest BCUT2D eigenvalue weighted by molar-refractivity contribution is 4.54. The van der Waals surface area contributed by atoms with Crippen LogP contribution in [0.15, 0.2) is 0 Å². The van der Waals surface area contributed by atoms with Crippen LogP contribution in [0.1, 0.15) is 446 Å². The molecule has 0 aromatic carbocycles. The highest BCUT2D eigenvalue weighted by atomic mass is 14.1. The SMILES string of the molecule is CCCCCCCCCCCCCCCCCCCCCC.CCCCCCCCCCCCCCCCCCCCCCC.CCCCCCCCCCCCCCCCCCCCCCCC. The molecule has 0 fully saturated rings. The predicted molar refractivity (Wildman–Crippen MR) is 325 cm³/mol. The first-order chi connectivity index (χ1) is 34.2. The minimum atomic E-state index is 1.37. The van der Waals surface area contributed by atoms with Gasteiger partial charge in [-0.25, -0.2) is 0 Å². The molecule has 0 N–H and O–H groups in total. The number of hydrogen-bond donors (Lipinski definition) is 0. The van der Waals surface area contributed by atoms with Crippen molar-refractivity contribution >= 4 is 0 Å². The van der Waals surface area contributed by atoms with Crippen LogP contribution in [-0.2, 0) is 0 Å². The van der Waals surface area contributed by atoms with E-state index in [-0.39, 0.29) is 0 Å². The highest BCUT2D eigenvalue weighted by Gasteiger charge is 1.99. The Morgan fingerprint density at radius 1 is 0.0725 bits per heavy atom. The second-order valence-corrected chi connectivity index (χ2v) is 23.2. The number of unbranched alkanes of at least 4 members (excludes halogenated alkanes) is 60. The first-order valence-electron chi connectivity index (χ1n) is 34.2. The Balaban J connectivity index is -0.000000948. The summed E-state index contributed by atoms with van der Waals surface area (Å²) in [6.45, 7) is 13.8. The van der Waals surface area contributed by atoms with E-state index in [9.17, 15) is 0 Å². The van der Waals surface area contributed by atoms with Crippen molar-refractivity contribution in [3.05, 3.63) is 0 Å². The second kappa shape index (κ2) is 76.9. The van der Waals surface area contributed by atoms with E-state index in [4.69, 9.17) is 0 Å². The molecule has 0 spiro atoms. The van der Waals surface area contributed by atoms with E-state index in [1.165, 1.54) is 405 Å². The van der Waals surface area contributed by atoms with Crippen molar-refractivity contribution in [1.29, 1.82) is 0 Å². The third kappa shape index (κ3) is 82.3. The average Bonchev–Trinajstić information content (AvgIpc) is 3.36. The van der Waals surface area contributed by atoms with Gasteiger partial charge in [0.1, 0.15) is 0 Å². The maximum atomic E-state index is 2.30. The highest BCUT2D eigenvalue weighted by Crippen LogP contribution is 2.18. The summed E-state index contributed by atoms with van der Waals surface area (Å²) < 4.78 is 0. The molecule has 0 rings (SSSR count). The summed E-state index contributed by atoms with van der Waals surface area (Å²) >= 11 is 0. The van der Waals surface area contributed by atoms with Crippen molar-refractivity contribution < 1.29 is 0 Å². The zero-order valence-electron chi connectivity index (χ0n) is 50.5. The van der Waals surface area contributed by atoms with E-state index in [0.717, 1.165) is 0 Å². The normalized spacial score (nSPS) is 11.2. The fourth-order valence-corrected chi connectivity index (χ4v) is 10.5.